The van der Waals surface area contributed by atoms with Gasteiger partial charge in [0, 0.05) is 42.1 Å². The summed E-state index contributed by atoms with van der Waals surface area (Å²) in [7, 11) is 0. The van der Waals surface area contributed by atoms with Crippen molar-refractivity contribution in [1.29, 1.82) is 0 Å². The molecule has 0 fully saturated rings. The van der Waals surface area contributed by atoms with E-state index < -0.39 is 0 Å². The van der Waals surface area contributed by atoms with E-state index in [9.17, 15) is 0 Å². The van der Waals surface area contributed by atoms with E-state index in [2.05, 4.69) is 47.4 Å². The SMILES string of the molecule is CCc1ccsc1CNCc1cnc(N(CC)CC)s1. The molecule has 3 nitrogen and oxygen atoms in total. The lowest BCUT2D eigenvalue weighted by Gasteiger charge is -2.16. The van der Waals surface area contributed by atoms with Crippen LogP contribution >= 0.6 is 22.7 Å². The number of nitrogens with one attached hydrogen (secondary N) is 1. The molecule has 0 aromatic carbocycles. The minimum absolute atomic E-state index is 0.903. The maximum Gasteiger partial charge on any atom is 0.185 e. The van der Waals surface area contributed by atoms with Crippen LogP contribution in [0.2, 0.25) is 0 Å². The van der Waals surface area contributed by atoms with Gasteiger partial charge in [-0.3, -0.25) is 0 Å². The monoisotopic (exact) mass is 309 g/mol. The number of thiazole rings is 1. The van der Waals surface area contributed by atoms with Gasteiger partial charge in [0.2, 0.25) is 0 Å². The first kappa shape index (κ1) is 15.5. The van der Waals surface area contributed by atoms with Crippen LogP contribution in [0.5, 0.6) is 0 Å². The average Bonchev–Trinajstić information content (AvgIpc) is 3.10. The largest absolute Gasteiger partial charge is 0.349 e. The highest BCUT2D eigenvalue weighted by Crippen LogP contribution is 2.22. The summed E-state index contributed by atoms with van der Waals surface area (Å²) in [6, 6.07) is 2.23. The summed E-state index contributed by atoms with van der Waals surface area (Å²) >= 11 is 3.64. The van der Waals surface area contributed by atoms with Crippen molar-refractivity contribution in [2.75, 3.05) is 18.0 Å². The van der Waals surface area contributed by atoms with Gasteiger partial charge in [0.25, 0.3) is 0 Å². The van der Waals surface area contributed by atoms with E-state index in [1.54, 1.807) is 11.3 Å². The third-order valence-corrected chi connectivity index (χ3v) is 5.40. The Labute approximate surface area is 129 Å². The highest BCUT2D eigenvalue weighted by atomic mass is 32.1. The maximum atomic E-state index is 4.51. The molecule has 5 heteroatoms. The molecule has 20 heavy (non-hydrogen) atoms. The van der Waals surface area contributed by atoms with Crippen molar-refractivity contribution < 1.29 is 0 Å². The van der Waals surface area contributed by atoms with Crippen LogP contribution < -0.4 is 10.2 Å². The van der Waals surface area contributed by atoms with Crippen molar-refractivity contribution >= 4 is 27.8 Å². The molecule has 0 unspecified atom stereocenters. The van der Waals surface area contributed by atoms with Crippen molar-refractivity contribution in [3.8, 4) is 0 Å². The van der Waals surface area contributed by atoms with Gasteiger partial charge in [-0.05, 0) is 37.3 Å². The molecule has 2 rings (SSSR count). The molecular formula is C15H23N3S2. The summed E-state index contributed by atoms with van der Waals surface area (Å²) in [6.45, 7) is 10.5. The van der Waals surface area contributed by atoms with Gasteiger partial charge in [-0.25, -0.2) is 4.98 Å². The first-order valence-corrected chi connectivity index (χ1v) is 8.93. The lowest BCUT2D eigenvalue weighted by atomic mass is 10.2. The van der Waals surface area contributed by atoms with Gasteiger partial charge in [-0.2, -0.15) is 0 Å². The number of thiophene rings is 1. The van der Waals surface area contributed by atoms with Crippen LogP contribution in [0, 0.1) is 0 Å². The van der Waals surface area contributed by atoms with Crippen LogP contribution in [0.25, 0.3) is 0 Å². The average molecular weight is 310 g/mol. The van der Waals surface area contributed by atoms with E-state index >= 15 is 0 Å². The van der Waals surface area contributed by atoms with Crippen molar-refractivity contribution in [3.05, 3.63) is 33.0 Å². The Bertz CT molecular complexity index is 515. The topological polar surface area (TPSA) is 28.2 Å². The zero-order valence-corrected chi connectivity index (χ0v) is 14.1. The van der Waals surface area contributed by atoms with E-state index in [-0.39, 0.29) is 0 Å². The van der Waals surface area contributed by atoms with Crippen LogP contribution in [-0.2, 0) is 19.5 Å². The fourth-order valence-corrected chi connectivity index (χ4v) is 4.11. The van der Waals surface area contributed by atoms with E-state index in [1.165, 1.54) is 15.3 Å². The summed E-state index contributed by atoms with van der Waals surface area (Å²) < 4.78 is 0. The van der Waals surface area contributed by atoms with Crippen molar-refractivity contribution in [3.63, 3.8) is 0 Å². The number of rotatable bonds is 8. The second-order valence-corrected chi connectivity index (χ2v) is 6.70. The Balaban J connectivity index is 1.85. The fourth-order valence-electron chi connectivity index (χ4n) is 2.16. The summed E-state index contributed by atoms with van der Waals surface area (Å²) in [4.78, 5) is 9.58. The quantitative estimate of drug-likeness (QED) is 0.801. The predicted octanol–water partition coefficient (Wildman–Crippen LogP) is 3.90. The molecule has 110 valence electrons. The Hall–Kier alpha value is -0.910. The summed E-state index contributed by atoms with van der Waals surface area (Å²) in [6.07, 6.45) is 3.12. The third-order valence-electron chi connectivity index (χ3n) is 3.38. The molecule has 2 aromatic rings. The summed E-state index contributed by atoms with van der Waals surface area (Å²) in [5, 5.41) is 6.85. The number of aryl methyl sites for hydroxylation is 1. The first-order valence-electron chi connectivity index (χ1n) is 7.24. The number of hydrogen-bond donors (Lipinski definition) is 1. The lowest BCUT2D eigenvalue weighted by molar-refractivity contribution is 0.703. The second kappa shape index (κ2) is 7.76. The Morgan fingerprint density at radius 3 is 2.70 bits per heavy atom. The van der Waals surface area contributed by atoms with Gasteiger partial charge in [0.15, 0.2) is 5.13 Å². The Morgan fingerprint density at radius 2 is 2.00 bits per heavy atom. The Morgan fingerprint density at radius 1 is 1.20 bits per heavy atom. The zero-order valence-electron chi connectivity index (χ0n) is 12.5. The predicted molar refractivity (Wildman–Crippen MR) is 89.9 cm³/mol. The molecule has 0 spiro atoms. The molecule has 1 N–H and O–H groups in total. The summed E-state index contributed by atoms with van der Waals surface area (Å²) in [5.74, 6) is 0. The van der Waals surface area contributed by atoms with Gasteiger partial charge in [-0.15, -0.1) is 22.7 Å². The number of anilines is 1. The van der Waals surface area contributed by atoms with Crippen LogP contribution in [-0.4, -0.2) is 18.1 Å². The smallest absolute Gasteiger partial charge is 0.185 e. The van der Waals surface area contributed by atoms with Gasteiger partial charge in [0.1, 0.15) is 0 Å². The van der Waals surface area contributed by atoms with Crippen molar-refractivity contribution in [1.82, 2.24) is 10.3 Å². The van der Waals surface area contributed by atoms with E-state index in [0.717, 1.165) is 37.7 Å². The summed E-state index contributed by atoms with van der Waals surface area (Å²) in [5.41, 5.74) is 1.47. The van der Waals surface area contributed by atoms with Crippen molar-refractivity contribution in [2.24, 2.45) is 0 Å². The number of hydrogen-bond acceptors (Lipinski definition) is 5. The molecule has 2 aromatic heterocycles. The maximum absolute atomic E-state index is 4.51. The van der Waals surface area contributed by atoms with Gasteiger partial charge >= 0.3 is 0 Å². The Kier molecular flexibility index (Phi) is 6.01. The molecule has 0 aliphatic rings. The van der Waals surface area contributed by atoms with E-state index in [1.807, 2.05) is 17.5 Å². The van der Waals surface area contributed by atoms with Crippen LogP contribution in [0.15, 0.2) is 17.6 Å². The van der Waals surface area contributed by atoms with E-state index in [4.69, 9.17) is 0 Å². The molecular weight excluding hydrogens is 286 g/mol. The fraction of sp³-hybridized carbons (Fsp3) is 0.533. The molecule has 0 aliphatic heterocycles. The number of nitrogens with zero attached hydrogens (tertiary/aromatic N) is 2. The minimum Gasteiger partial charge on any atom is -0.349 e. The van der Waals surface area contributed by atoms with Gasteiger partial charge < -0.3 is 10.2 Å². The van der Waals surface area contributed by atoms with Crippen LogP contribution in [0.3, 0.4) is 0 Å². The highest BCUT2D eigenvalue weighted by Gasteiger charge is 2.08. The first-order chi connectivity index (χ1) is 9.78. The van der Waals surface area contributed by atoms with E-state index in [0.29, 0.717) is 0 Å². The molecule has 0 radical (unpaired) electrons. The van der Waals surface area contributed by atoms with Gasteiger partial charge in [0.05, 0.1) is 0 Å². The normalized spacial score (nSPS) is 10.9. The number of aromatic nitrogens is 1. The molecule has 0 aliphatic carbocycles. The van der Waals surface area contributed by atoms with Crippen LogP contribution in [0.1, 0.15) is 36.1 Å². The highest BCUT2D eigenvalue weighted by molar-refractivity contribution is 7.15. The van der Waals surface area contributed by atoms with Crippen molar-refractivity contribution in [2.45, 2.75) is 40.3 Å². The van der Waals surface area contributed by atoms with Crippen LogP contribution in [0.4, 0.5) is 5.13 Å². The molecule has 0 atom stereocenters. The molecule has 0 bridgehead atoms. The lowest BCUT2D eigenvalue weighted by Crippen LogP contribution is -2.21. The minimum atomic E-state index is 0.903. The molecule has 0 saturated heterocycles. The third kappa shape index (κ3) is 3.81. The molecule has 0 saturated carbocycles. The second-order valence-electron chi connectivity index (χ2n) is 4.61. The molecule has 0 amide bonds. The molecule has 2 heterocycles. The standard InChI is InChI=1S/C15H23N3S2/c1-4-12-7-8-19-14(12)11-16-9-13-10-17-15(20-13)18(5-2)6-3/h7-8,10,16H,4-6,9,11H2,1-3H3. The van der Waals surface area contributed by atoms with Gasteiger partial charge in [-0.1, -0.05) is 6.92 Å². The zero-order chi connectivity index (χ0) is 14.4.